The first kappa shape index (κ1) is 31.2. The number of hydrogen-bond donors (Lipinski definition) is 5. The van der Waals surface area contributed by atoms with Crippen LogP contribution < -0.4 is 20.9 Å². The van der Waals surface area contributed by atoms with Gasteiger partial charge in [-0.05, 0) is 36.8 Å². The van der Waals surface area contributed by atoms with Crippen molar-refractivity contribution in [2.75, 3.05) is 6.61 Å². The molecule has 4 rings (SSSR count). The molecular formula is C27H27ClN3O10P. The maximum atomic E-state index is 14.1. The Labute approximate surface area is 244 Å². The normalized spacial score (nSPS) is 24.7. The highest BCUT2D eigenvalue weighted by molar-refractivity contribution is 7.52. The molecule has 1 saturated heterocycles. The highest BCUT2D eigenvalue weighted by atomic mass is 35.5. The molecule has 222 valence electrons. The van der Waals surface area contributed by atoms with Crippen LogP contribution in [0.3, 0.4) is 0 Å². The molecule has 2 heterocycles. The lowest BCUT2D eigenvalue weighted by Gasteiger charge is -2.31. The van der Waals surface area contributed by atoms with Gasteiger partial charge < -0.3 is 24.6 Å². The van der Waals surface area contributed by atoms with E-state index in [1.165, 1.54) is 31.2 Å². The molecule has 5 N–H and O–H groups in total. The first-order valence-electron chi connectivity index (χ1n) is 12.4. The number of benzene rings is 2. The van der Waals surface area contributed by atoms with Crippen LogP contribution >= 0.6 is 19.3 Å². The Hall–Kier alpha value is -3.73. The van der Waals surface area contributed by atoms with Crippen LogP contribution in [0.25, 0.3) is 0 Å². The smallest absolute Gasteiger partial charge is 0.459 e. The number of aromatic nitrogens is 2. The quantitative estimate of drug-likeness (QED) is 0.155. The summed E-state index contributed by atoms with van der Waals surface area (Å²) in [6.45, 7) is 0.541. The van der Waals surface area contributed by atoms with Crippen molar-refractivity contribution in [2.24, 2.45) is 0 Å². The zero-order chi connectivity index (χ0) is 30.7. The van der Waals surface area contributed by atoms with Crippen molar-refractivity contribution in [3.8, 4) is 18.1 Å². The summed E-state index contributed by atoms with van der Waals surface area (Å²) in [4.78, 5) is 38.2. The van der Waals surface area contributed by atoms with Crippen molar-refractivity contribution >= 4 is 25.3 Å². The van der Waals surface area contributed by atoms with E-state index in [4.69, 9.17) is 31.8 Å². The van der Waals surface area contributed by atoms with E-state index in [1.54, 1.807) is 30.3 Å². The summed E-state index contributed by atoms with van der Waals surface area (Å²) < 4.78 is 31.8. The number of aliphatic hydroxyl groups is 2. The van der Waals surface area contributed by atoms with Gasteiger partial charge >= 0.3 is 19.4 Å². The maximum absolute atomic E-state index is 14.1. The summed E-state index contributed by atoms with van der Waals surface area (Å²) in [7, 11) is -4.62. The molecule has 1 aliphatic rings. The molecule has 6 atom stereocenters. The number of carbonyl (C=O) groups is 1. The molecule has 1 aromatic heterocycles. The molecular weight excluding hydrogens is 593 g/mol. The summed E-state index contributed by atoms with van der Waals surface area (Å²) >= 11 is 5.93. The highest BCUT2D eigenvalue weighted by Gasteiger charge is 2.56. The van der Waals surface area contributed by atoms with Crippen LogP contribution in [0.5, 0.6) is 5.75 Å². The van der Waals surface area contributed by atoms with Crippen molar-refractivity contribution in [1.29, 1.82) is 0 Å². The average molecular weight is 620 g/mol. The third-order valence-electron chi connectivity index (χ3n) is 6.52. The number of aliphatic hydroxyl groups excluding tert-OH is 1. The maximum Gasteiger partial charge on any atom is 0.459 e. The number of hydrogen-bond acceptors (Lipinski definition) is 9. The molecule has 1 aliphatic heterocycles. The van der Waals surface area contributed by atoms with E-state index in [-0.39, 0.29) is 12.2 Å². The second-order valence-electron chi connectivity index (χ2n) is 9.71. The topological polar surface area (TPSA) is 189 Å². The number of ether oxygens (including phenoxy) is 1. The van der Waals surface area contributed by atoms with E-state index in [0.717, 1.165) is 16.8 Å². The van der Waals surface area contributed by atoms with Gasteiger partial charge in [0, 0.05) is 23.7 Å². The molecule has 1 fully saturated rings. The Morgan fingerprint density at radius 2 is 1.90 bits per heavy atom. The monoisotopic (exact) mass is 619 g/mol. The molecule has 13 nitrogen and oxygen atoms in total. The van der Waals surface area contributed by atoms with E-state index in [9.17, 15) is 34.3 Å². The minimum Gasteiger partial charge on any atom is -0.480 e. The van der Waals surface area contributed by atoms with Gasteiger partial charge in [-0.1, -0.05) is 47.9 Å². The molecule has 15 heteroatoms. The van der Waals surface area contributed by atoms with Crippen LogP contribution in [0.15, 0.2) is 76.4 Å². The van der Waals surface area contributed by atoms with Crippen LogP contribution in [0.2, 0.25) is 5.02 Å². The number of aliphatic carboxylic acids is 1. The lowest BCUT2D eigenvalue weighted by molar-refractivity contribution is -0.143. The van der Waals surface area contributed by atoms with Crippen LogP contribution in [0.4, 0.5) is 0 Å². The van der Waals surface area contributed by atoms with Gasteiger partial charge in [-0.3, -0.25) is 23.7 Å². The first-order chi connectivity index (χ1) is 19.8. The van der Waals surface area contributed by atoms with Gasteiger partial charge in [0.2, 0.25) is 0 Å². The molecule has 0 radical (unpaired) electrons. The third kappa shape index (κ3) is 6.67. The predicted octanol–water partition coefficient (Wildman–Crippen LogP) is 1.69. The summed E-state index contributed by atoms with van der Waals surface area (Å²) in [6.07, 6.45) is 1.31. The minimum atomic E-state index is -4.62. The molecule has 0 spiro atoms. The molecule has 3 aromatic rings. The third-order valence-corrected chi connectivity index (χ3v) is 8.48. The number of nitrogens with zero attached hydrogens (tertiary/aromatic N) is 1. The van der Waals surface area contributed by atoms with Crippen molar-refractivity contribution in [3.05, 3.63) is 98.3 Å². The van der Waals surface area contributed by atoms with E-state index >= 15 is 0 Å². The number of carboxylic acids is 1. The van der Waals surface area contributed by atoms with Gasteiger partial charge in [-0.25, -0.2) is 9.36 Å². The summed E-state index contributed by atoms with van der Waals surface area (Å²) in [5.41, 5.74) is -5.46. The fourth-order valence-corrected chi connectivity index (χ4v) is 6.12. The predicted molar refractivity (Wildman–Crippen MR) is 150 cm³/mol. The van der Waals surface area contributed by atoms with Gasteiger partial charge in [0.15, 0.2) is 11.8 Å². The van der Waals surface area contributed by atoms with Gasteiger partial charge in [-0.15, -0.1) is 6.42 Å². The Balaban J connectivity index is 1.63. The average Bonchev–Trinajstić information content (AvgIpc) is 3.19. The first-order valence-corrected chi connectivity index (χ1v) is 14.3. The standard InChI is InChI=1S/C27H27ClN3O10P/c1-3-27(37)22(33)20(40-23(27)31-14-13-21(32)29-25(31)36)16-39-42(38,41-19-11-9-18(28)10-12-19)30-26(2,24(34)35)15-17-7-5-4-6-8-17/h1,4-14,20,22-23,33,37H,15-16H2,2H3,(H,30,38)(H,34,35)(H,29,32,36)/t20-,22-,23-,26+,27-,42?/m1/s1. The second-order valence-corrected chi connectivity index (χ2v) is 11.8. The zero-order valence-corrected chi connectivity index (χ0v) is 23.7. The van der Waals surface area contributed by atoms with E-state index in [2.05, 4.69) is 5.09 Å². The number of H-pyrrole nitrogens is 1. The second kappa shape index (κ2) is 12.2. The van der Waals surface area contributed by atoms with Gasteiger partial charge in [0.1, 0.15) is 23.5 Å². The molecule has 42 heavy (non-hydrogen) atoms. The number of aromatic amines is 1. The summed E-state index contributed by atoms with van der Waals surface area (Å²) in [5.74, 6) is 0.639. The van der Waals surface area contributed by atoms with Crippen molar-refractivity contribution in [3.63, 3.8) is 0 Å². The van der Waals surface area contributed by atoms with Crippen molar-refractivity contribution in [1.82, 2.24) is 14.6 Å². The van der Waals surface area contributed by atoms with Crippen molar-refractivity contribution in [2.45, 2.75) is 42.9 Å². The lowest BCUT2D eigenvalue weighted by Crippen LogP contribution is -2.51. The summed E-state index contributed by atoms with van der Waals surface area (Å²) in [5, 5.41) is 34.9. The molecule has 0 aliphatic carbocycles. The Bertz CT molecular complexity index is 1640. The van der Waals surface area contributed by atoms with Crippen molar-refractivity contribution < 1.29 is 38.5 Å². The number of halogens is 1. The van der Waals surface area contributed by atoms with E-state index in [1.807, 2.05) is 10.9 Å². The Kier molecular flexibility index (Phi) is 9.10. The molecule has 2 aromatic carbocycles. The van der Waals surface area contributed by atoms with E-state index < -0.39 is 61.1 Å². The Morgan fingerprint density at radius 1 is 1.24 bits per heavy atom. The van der Waals surface area contributed by atoms with Crippen LogP contribution in [0, 0.1) is 12.3 Å². The van der Waals surface area contributed by atoms with Crippen LogP contribution in [-0.2, 0) is 25.0 Å². The molecule has 0 amide bonds. The molecule has 1 unspecified atom stereocenters. The van der Waals surface area contributed by atoms with Crippen LogP contribution in [0.1, 0.15) is 18.7 Å². The van der Waals surface area contributed by atoms with Gasteiger partial charge in [0.05, 0.1) is 6.61 Å². The lowest BCUT2D eigenvalue weighted by atomic mass is 9.94. The Morgan fingerprint density at radius 3 is 2.50 bits per heavy atom. The SMILES string of the molecule is C#C[C@@]1(O)[C@H](O)[C@@H](COP(=O)(N[C@@](C)(Cc2ccccc2)C(=O)O)Oc2ccc(Cl)cc2)O[C@H]1n1ccc(=O)[nH]c1=O. The molecule has 0 bridgehead atoms. The number of carboxylic acid groups (broad SMARTS) is 1. The fraction of sp³-hybridized carbons (Fsp3) is 0.296. The summed E-state index contributed by atoms with van der Waals surface area (Å²) in [6, 6.07) is 15.2. The largest absolute Gasteiger partial charge is 0.480 e. The number of rotatable bonds is 11. The van der Waals surface area contributed by atoms with E-state index in [0.29, 0.717) is 10.6 Å². The minimum absolute atomic E-state index is 0.00775. The highest BCUT2D eigenvalue weighted by Crippen LogP contribution is 2.48. The number of nitrogens with one attached hydrogen (secondary N) is 2. The zero-order valence-electron chi connectivity index (χ0n) is 22.0. The molecule has 0 saturated carbocycles. The van der Waals surface area contributed by atoms with Crippen LogP contribution in [-0.4, -0.2) is 60.8 Å². The van der Waals surface area contributed by atoms with Gasteiger partial charge in [0.25, 0.3) is 5.56 Å². The fourth-order valence-electron chi connectivity index (χ4n) is 4.31. The van der Waals surface area contributed by atoms with Gasteiger partial charge in [-0.2, -0.15) is 5.09 Å². The number of terminal acetylenes is 1.